The lowest BCUT2D eigenvalue weighted by atomic mass is 10.2. The third kappa shape index (κ3) is 4.56. The van der Waals surface area contributed by atoms with Crippen molar-refractivity contribution in [3.05, 3.63) is 78.1 Å². The van der Waals surface area contributed by atoms with E-state index in [1.165, 1.54) is 24.3 Å². The summed E-state index contributed by atoms with van der Waals surface area (Å²) in [6, 6.07) is 14.4. The number of carbonyl (C=O) groups is 1. The van der Waals surface area contributed by atoms with E-state index in [0.717, 1.165) is 32.0 Å². The Morgan fingerprint density at radius 1 is 1.06 bits per heavy atom. The van der Waals surface area contributed by atoms with Gasteiger partial charge in [-0.25, -0.2) is 23.5 Å². The minimum atomic E-state index is -0.297. The van der Waals surface area contributed by atoms with E-state index in [2.05, 4.69) is 20.2 Å². The van der Waals surface area contributed by atoms with Crippen molar-refractivity contribution in [2.75, 3.05) is 24.5 Å². The molecule has 9 heteroatoms. The van der Waals surface area contributed by atoms with Crippen molar-refractivity contribution >= 4 is 33.4 Å². The number of hydrogen-bond acceptors (Lipinski definition) is 5. The number of amides is 2. The number of rotatable bonds is 4. The smallest absolute Gasteiger partial charge is 0.318 e. The molecule has 5 rings (SSSR count). The average molecular weight is 480 g/mol. The minimum absolute atomic E-state index is 0.0245. The normalized spacial score (nSPS) is 16.1. The fourth-order valence-electron chi connectivity index (χ4n) is 4.16. The molecular weight excluding hydrogens is 456 g/mol. The largest absolute Gasteiger partial charge is 0.351 e. The number of fused-ring (bicyclic) bond motifs is 1. The molecule has 34 heavy (non-hydrogen) atoms. The molecule has 1 unspecified atom stereocenters. The maximum Gasteiger partial charge on any atom is 0.318 e. The lowest BCUT2D eigenvalue weighted by Gasteiger charge is -2.40. The van der Waals surface area contributed by atoms with E-state index < -0.39 is 0 Å². The molecule has 0 saturated carbocycles. The number of nitrogens with zero attached hydrogens (tertiary/aromatic N) is 4. The van der Waals surface area contributed by atoms with Gasteiger partial charge in [-0.05, 0) is 48.4 Å². The van der Waals surface area contributed by atoms with Crippen LogP contribution in [0.4, 0.5) is 19.4 Å². The molecule has 0 aliphatic carbocycles. The second kappa shape index (κ2) is 9.34. The predicted octanol–water partition coefficient (Wildman–Crippen LogP) is 5.06. The number of urea groups is 1. The number of carbonyl (C=O) groups excluding carboxylic acids is 1. The van der Waals surface area contributed by atoms with Crippen LogP contribution in [0.5, 0.6) is 0 Å². The summed E-state index contributed by atoms with van der Waals surface area (Å²) in [6.45, 7) is 4.20. The van der Waals surface area contributed by atoms with Gasteiger partial charge in [0.15, 0.2) is 0 Å². The van der Waals surface area contributed by atoms with Crippen LogP contribution >= 0.6 is 11.3 Å². The Labute approximate surface area is 199 Å². The van der Waals surface area contributed by atoms with Gasteiger partial charge in [0.25, 0.3) is 0 Å². The SMILES string of the molecule is CC1CN(c2ncnc3cc(-c4ccc(F)cc4)sc23)CCN1C(=O)NCc1ccc(F)cc1. The fraction of sp³-hybridized carbons (Fsp3) is 0.240. The zero-order valence-electron chi connectivity index (χ0n) is 18.5. The molecule has 1 N–H and O–H groups in total. The van der Waals surface area contributed by atoms with Gasteiger partial charge in [0.1, 0.15) is 23.8 Å². The molecule has 1 aliphatic heterocycles. The quantitative estimate of drug-likeness (QED) is 0.445. The van der Waals surface area contributed by atoms with Crippen molar-refractivity contribution in [2.24, 2.45) is 0 Å². The molecular formula is C25H23F2N5OS. The van der Waals surface area contributed by atoms with Gasteiger partial charge in [-0.3, -0.25) is 0 Å². The molecule has 2 aromatic carbocycles. The van der Waals surface area contributed by atoms with E-state index in [4.69, 9.17) is 0 Å². The molecule has 174 valence electrons. The maximum atomic E-state index is 13.3. The first-order chi connectivity index (χ1) is 16.5. The number of piperazine rings is 1. The van der Waals surface area contributed by atoms with Gasteiger partial charge in [0.2, 0.25) is 0 Å². The lowest BCUT2D eigenvalue weighted by molar-refractivity contribution is 0.171. The fourth-order valence-corrected chi connectivity index (χ4v) is 5.29. The van der Waals surface area contributed by atoms with Gasteiger partial charge < -0.3 is 15.1 Å². The molecule has 1 fully saturated rings. The Bertz CT molecular complexity index is 1310. The third-order valence-electron chi connectivity index (χ3n) is 5.97. The summed E-state index contributed by atoms with van der Waals surface area (Å²) < 4.78 is 27.4. The second-order valence-electron chi connectivity index (χ2n) is 8.30. The van der Waals surface area contributed by atoms with Crippen molar-refractivity contribution in [3.8, 4) is 10.4 Å². The second-order valence-corrected chi connectivity index (χ2v) is 9.35. The minimum Gasteiger partial charge on any atom is -0.351 e. The topological polar surface area (TPSA) is 61.4 Å². The summed E-state index contributed by atoms with van der Waals surface area (Å²) in [5.74, 6) is 0.287. The monoisotopic (exact) mass is 479 g/mol. The van der Waals surface area contributed by atoms with Crippen molar-refractivity contribution in [2.45, 2.75) is 19.5 Å². The molecule has 0 bridgehead atoms. The molecule has 0 spiro atoms. The van der Waals surface area contributed by atoms with Gasteiger partial charge in [0.05, 0.1) is 10.2 Å². The maximum absolute atomic E-state index is 13.3. The van der Waals surface area contributed by atoms with Crippen molar-refractivity contribution in [1.29, 1.82) is 0 Å². The highest BCUT2D eigenvalue weighted by Crippen LogP contribution is 2.37. The van der Waals surface area contributed by atoms with Crippen LogP contribution in [0.2, 0.25) is 0 Å². The first-order valence-electron chi connectivity index (χ1n) is 11.0. The highest BCUT2D eigenvalue weighted by Gasteiger charge is 2.29. The molecule has 0 radical (unpaired) electrons. The highest BCUT2D eigenvalue weighted by atomic mass is 32.1. The van der Waals surface area contributed by atoms with E-state index >= 15 is 0 Å². The Morgan fingerprint density at radius 2 is 1.76 bits per heavy atom. The van der Waals surface area contributed by atoms with Crippen LogP contribution < -0.4 is 10.2 Å². The van der Waals surface area contributed by atoms with Crippen LogP contribution in [0.15, 0.2) is 60.9 Å². The zero-order valence-corrected chi connectivity index (χ0v) is 19.4. The summed E-state index contributed by atoms with van der Waals surface area (Å²) in [5, 5.41) is 2.92. The van der Waals surface area contributed by atoms with Gasteiger partial charge in [-0.2, -0.15) is 0 Å². The number of thiophene rings is 1. The van der Waals surface area contributed by atoms with Crippen LogP contribution in [0.25, 0.3) is 20.7 Å². The third-order valence-corrected chi connectivity index (χ3v) is 7.14. The van der Waals surface area contributed by atoms with Crippen LogP contribution in [-0.2, 0) is 6.54 Å². The van der Waals surface area contributed by atoms with Gasteiger partial charge in [-0.1, -0.05) is 24.3 Å². The summed E-state index contributed by atoms with van der Waals surface area (Å²) in [7, 11) is 0. The average Bonchev–Trinajstić information content (AvgIpc) is 3.28. The van der Waals surface area contributed by atoms with E-state index in [0.29, 0.717) is 26.2 Å². The molecule has 1 aliphatic rings. The summed E-state index contributed by atoms with van der Waals surface area (Å²) >= 11 is 1.58. The number of aromatic nitrogens is 2. The summed E-state index contributed by atoms with van der Waals surface area (Å²) in [4.78, 5) is 26.7. The number of halogens is 2. The van der Waals surface area contributed by atoms with Gasteiger partial charge >= 0.3 is 6.03 Å². The molecule has 2 amide bonds. The number of nitrogens with one attached hydrogen (secondary N) is 1. The van der Waals surface area contributed by atoms with Gasteiger partial charge in [0, 0.05) is 37.1 Å². The molecule has 1 saturated heterocycles. The number of hydrogen-bond donors (Lipinski definition) is 1. The van der Waals surface area contributed by atoms with Crippen LogP contribution in [0, 0.1) is 11.6 Å². The number of anilines is 1. The number of benzene rings is 2. The zero-order chi connectivity index (χ0) is 23.7. The first kappa shape index (κ1) is 22.2. The van der Waals surface area contributed by atoms with Gasteiger partial charge in [-0.15, -0.1) is 11.3 Å². The Hall–Kier alpha value is -3.59. The molecule has 4 aromatic rings. The summed E-state index contributed by atoms with van der Waals surface area (Å²) in [6.07, 6.45) is 1.56. The molecule has 6 nitrogen and oxygen atoms in total. The van der Waals surface area contributed by atoms with Crippen molar-refractivity contribution in [3.63, 3.8) is 0 Å². The Morgan fingerprint density at radius 3 is 2.47 bits per heavy atom. The van der Waals surface area contributed by atoms with Crippen molar-refractivity contribution < 1.29 is 13.6 Å². The Balaban J connectivity index is 1.28. The highest BCUT2D eigenvalue weighted by molar-refractivity contribution is 7.22. The predicted molar refractivity (Wildman–Crippen MR) is 130 cm³/mol. The van der Waals surface area contributed by atoms with E-state index in [-0.39, 0.29) is 23.7 Å². The standard InChI is InChI=1S/C25H23F2N5OS/c1-16-14-31(10-11-32(16)25(33)28-13-17-2-6-19(26)7-3-17)24-23-21(29-15-30-24)12-22(34-23)18-4-8-20(27)9-5-18/h2-9,12,15-16H,10-11,13-14H2,1H3,(H,28,33). The summed E-state index contributed by atoms with van der Waals surface area (Å²) in [5.41, 5.74) is 2.63. The van der Waals surface area contributed by atoms with Crippen LogP contribution in [0.3, 0.4) is 0 Å². The van der Waals surface area contributed by atoms with Crippen LogP contribution in [0.1, 0.15) is 12.5 Å². The van der Waals surface area contributed by atoms with E-state index in [1.54, 1.807) is 41.9 Å². The molecule has 3 heterocycles. The van der Waals surface area contributed by atoms with Crippen molar-refractivity contribution in [1.82, 2.24) is 20.2 Å². The Kier molecular flexibility index (Phi) is 6.10. The van der Waals surface area contributed by atoms with E-state index in [9.17, 15) is 13.6 Å². The molecule has 1 atom stereocenters. The molecule has 2 aromatic heterocycles. The first-order valence-corrected chi connectivity index (χ1v) is 11.8. The van der Waals surface area contributed by atoms with Crippen LogP contribution in [-0.4, -0.2) is 46.6 Å². The van der Waals surface area contributed by atoms with E-state index in [1.807, 2.05) is 17.9 Å². The lowest BCUT2D eigenvalue weighted by Crippen LogP contribution is -2.56.